The van der Waals surface area contributed by atoms with Crippen molar-refractivity contribution in [1.82, 2.24) is 9.80 Å². The zero-order valence-corrected chi connectivity index (χ0v) is 11.3. The van der Waals surface area contributed by atoms with Gasteiger partial charge in [0.1, 0.15) is 0 Å². The predicted octanol–water partition coefficient (Wildman–Crippen LogP) is 1.15. The molecule has 0 aromatic heterocycles. The SMILES string of the molecule is OC(C1CC1c1ccccc1)C1CN2CCN1CC2. The van der Waals surface area contributed by atoms with Crippen molar-refractivity contribution in [1.29, 1.82) is 0 Å². The molecule has 0 spiro atoms. The smallest absolute Gasteiger partial charge is 0.0742 e. The van der Waals surface area contributed by atoms with E-state index in [0.717, 1.165) is 26.1 Å². The molecule has 1 aromatic rings. The molecular weight excluding hydrogens is 236 g/mol. The van der Waals surface area contributed by atoms with Crippen LogP contribution in [0.15, 0.2) is 30.3 Å². The van der Waals surface area contributed by atoms with E-state index in [4.69, 9.17) is 0 Å². The first-order valence-corrected chi connectivity index (χ1v) is 7.52. The minimum absolute atomic E-state index is 0.145. The van der Waals surface area contributed by atoms with E-state index in [2.05, 4.69) is 40.1 Å². The van der Waals surface area contributed by atoms with Gasteiger partial charge in [0.15, 0.2) is 0 Å². The fourth-order valence-corrected chi connectivity index (χ4v) is 3.94. The van der Waals surface area contributed by atoms with Crippen LogP contribution in [-0.4, -0.2) is 59.8 Å². The molecular formula is C16H22N2O. The van der Waals surface area contributed by atoms with Gasteiger partial charge in [-0.05, 0) is 23.8 Å². The summed E-state index contributed by atoms with van der Waals surface area (Å²) in [7, 11) is 0. The van der Waals surface area contributed by atoms with E-state index in [0.29, 0.717) is 17.9 Å². The Morgan fingerprint density at radius 3 is 2.42 bits per heavy atom. The molecule has 3 heterocycles. The molecule has 3 nitrogen and oxygen atoms in total. The standard InChI is InChI=1S/C16H22N2O/c19-16(15-11-17-6-8-18(15)9-7-17)14-10-13(14)12-4-2-1-3-5-12/h1-5,13-16,19H,6-11H2. The van der Waals surface area contributed by atoms with Crippen LogP contribution < -0.4 is 0 Å². The Morgan fingerprint density at radius 2 is 1.79 bits per heavy atom. The summed E-state index contributed by atoms with van der Waals surface area (Å²) in [4.78, 5) is 5.01. The first kappa shape index (κ1) is 11.9. The van der Waals surface area contributed by atoms with Crippen molar-refractivity contribution in [3.8, 4) is 0 Å². The first-order valence-electron chi connectivity index (χ1n) is 7.52. The molecule has 0 amide bonds. The van der Waals surface area contributed by atoms with E-state index in [-0.39, 0.29) is 6.10 Å². The molecule has 3 heteroatoms. The number of nitrogens with zero attached hydrogens (tertiary/aromatic N) is 2. The number of benzene rings is 1. The first-order chi connectivity index (χ1) is 9.33. The lowest BCUT2D eigenvalue weighted by Crippen LogP contribution is -2.64. The van der Waals surface area contributed by atoms with Crippen molar-refractivity contribution in [3.63, 3.8) is 0 Å². The van der Waals surface area contributed by atoms with Crippen molar-refractivity contribution in [3.05, 3.63) is 35.9 Å². The molecule has 4 fully saturated rings. The molecule has 1 N–H and O–H groups in total. The Balaban J connectivity index is 1.44. The van der Waals surface area contributed by atoms with Crippen LogP contribution in [0, 0.1) is 5.92 Å². The molecule has 3 saturated heterocycles. The van der Waals surface area contributed by atoms with E-state index in [1.807, 2.05) is 0 Å². The lowest BCUT2D eigenvalue weighted by Gasteiger charge is -2.49. The normalized spacial score (nSPS) is 42.1. The van der Waals surface area contributed by atoms with Gasteiger partial charge in [-0.15, -0.1) is 0 Å². The zero-order chi connectivity index (χ0) is 12.8. The van der Waals surface area contributed by atoms with E-state index in [9.17, 15) is 5.11 Å². The van der Waals surface area contributed by atoms with Crippen LogP contribution in [0.1, 0.15) is 17.9 Å². The topological polar surface area (TPSA) is 26.7 Å². The second kappa shape index (κ2) is 4.58. The maximum atomic E-state index is 10.7. The molecule has 1 aromatic carbocycles. The third-order valence-electron chi connectivity index (χ3n) is 5.22. The van der Waals surface area contributed by atoms with Gasteiger partial charge in [-0.2, -0.15) is 0 Å². The quantitative estimate of drug-likeness (QED) is 0.881. The summed E-state index contributed by atoms with van der Waals surface area (Å²) in [6, 6.07) is 11.1. The van der Waals surface area contributed by atoms with E-state index < -0.39 is 0 Å². The van der Waals surface area contributed by atoms with Crippen molar-refractivity contribution in [2.75, 3.05) is 32.7 Å². The van der Waals surface area contributed by atoms with Crippen LogP contribution >= 0.6 is 0 Å². The Labute approximate surface area is 114 Å². The van der Waals surface area contributed by atoms with Gasteiger partial charge in [0, 0.05) is 38.8 Å². The van der Waals surface area contributed by atoms with E-state index >= 15 is 0 Å². The second-order valence-corrected chi connectivity index (χ2v) is 6.31. The van der Waals surface area contributed by atoms with Gasteiger partial charge < -0.3 is 5.11 Å². The maximum Gasteiger partial charge on any atom is 0.0742 e. The molecule has 1 saturated carbocycles. The van der Waals surface area contributed by atoms with Crippen LogP contribution in [0.25, 0.3) is 0 Å². The van der Waals surface area contributed by atoms with Crippen LogP contribution in [0.3, 0.4) is 0 Å². The molecule has 1 aliphatic carbocycles. The van der Waals surface area contributed by atoms with Gasteiger partial charge in [0.2, 0.25) is 0 Å². The van der Waals surface area contributed by atoms with Crippen LogP contribution in [-0.2, 0) is 0 Å². The molecule has 4 aliphatic rings. The molecule has 0 radical (unpaired) electrons. The van der Waals surface area contributed by atoms with Crippen LogP contribution in [0.4, 0.5) is 0 Å². The summed E-state index contributed by atoms with van der Waals surface area (Å²) in [6.45, 7) is 5.74. The third-order valence-corrected chi connectivity index (χ3v) is 5.22. The van der Waals surface area contributed by atoms with Gasteiger partial charge in [-0.25, -0.2) is 0 Å². The Hall–Kier alpha value is -0.900. The average molecular weight is 258 g/mol. The number of piperazine rings is 3. The van der Waals surface area contributed by atoms with Gasteiger partial charge in [0.05, 0.1) is 6.10 Å². The monoisotopic (exact) mass is 258 g/mol. The fraction of sp³-hybridized carbons (Fsp3) is 0.625. The van der Waals surface area contributed by atoms with Gasteiger partial charge in [-0.3, -0.25) is 9.80 Å². The zero-order valence-electron chi connectivity index (χ0n) is 11.3. The minimum Gasteiger partial charge on any atom is -0.391 e. The molecule has 3 aliphatic heterocycles. The highest BCUT2D eigenvalue weighted by Gasteiger charge is 2.49. The summed E-state index contributed by atoms with van der Waals surface area (Å²) in [5.74, 6) is 1.07. The van der Waals surface area contributed by atoms with Crippen molar-refractivity contribution >= 4 is 0 Å². The summed E-state index contributed by atoms with van der Waals surface area (Å²) >= 11 is 0. The van der Waals surface area contributed by atoms with Crippen LogP contribution in [0.2, 0.25) is 0 Å². The number of aliphatic hydroxyl groups excluding tert-OH is 1. The number of hydrogen-bond donors (Lipinski definition) is 1. The summed E-state index contributed by atoms with van der Waals surface area (Å²) < 4.78 is 0. The van der Waals surface area contributed by atoms with Crippen molar-refractivity contribution in [2.24, 2.45) is 5.92 Å². The van der Waals surface area contributed by atoms with Gasteiger partial charge in [-0.1, -0.05) is 30.3 Å². The fourth-order valence-electron chi connectivity index (χ4n) is 3.94. The molecule has 2 bridgehead atoms. The molecule has 5 rings (SSSR count). The number of aliphatic hydroxyl groups is 1. The number of fused-ring (bicyclic) bond motifs is 3. The Kier molecular flexibility index (Phi) is 2.87. The van der Waals surface area contributed by atoms with Gasteiger partial charge in [0.25, 0.3) is 0 Å². The van der Waals surface area contributed by atoms with E-state index in [1.165, 1.54) is 18.7 Å². The number of rotatable bonds is 3. The van der Waals surface area contributed by atoms with Crippen molar-refractivity contribution in [2.45, 2.75) is 24.5 Å². The highest BCUT2D eigenvalue weighted by atomic mass is 16.3. The molecule has 102 valence electrons. The van der Waals surface area contributed by atoms with Gasteiger partial charge >= 0.3 is 0 Å². The highest BCUT2D eigenvalue weighted by molar-refractivity contribution is 5.26. The molecule has 4 unspecified atom stereocenters. The average Bonchev–Trinajstić information content (AvgIpc) is 3.29. The van der Waals surface area contributed by atoms with E-state index in [1.54, 1.807) is 0 Å². The Bertz CT molecular complexity index is 441. The highest BCUT2D eigenvalue weighted by Crippen LogP contribution is 2.50. The summed E-state index contributed by atoms with van der Waals surface area (Å²) in [5.41, 5.74) is 1.41. The summed E-state index contributed by atoms with van der Waals surface area (Å²) in [6.07, 6.45) is 1.02. The predicted molar refractivity (Wildman–Crippen MR) is 75.1 cm³/mol. The Morgan fingerprint density at radius 1 is 1.05 bits per heavy atom. The maximum absolute atomic E-state index is 10.7. The molecule has 4 atom stereocenters. The van der Waals surface area contributed by atoms with Crippen molar-refractivity contribution < 1.29 is 5.11 Å². The molecule has 19 heavy (non-hydrogen) atoms. The van der Waals surface area contributed by atoms with Crippen LogP contribution in [0.5, 0.6) is 0 Å². The second-order valence-electron chi connectivity index (χ2n) is 6.31. The lowest BCUT2D eigenvalue weighted by atomic mass is 9.97. The third kappa shape index (κ3) is 2.10. The largest absolute Gasteiger partial charge is 0.391 e. The number of hydrogen-bond acceptors (Lipinski definition) is 3. The minimum atomic E-state index is -0.145. The lowest BCUT2D eigenvalue weighted by molar-refractivity contribution is -0.0531. The summed E-state index contributed by atoms with van der Waals surface area (Å²) in [5, 5.41) is 10.7.